The van der Waals surface area contributed by atoms with Gasteiger partial charge in [0.2, 0.25) is 0 Å². The van der Waals surface area contributed by atoms with Gasteiger partial charge in [-0.15, -0.1) is 0 Å². The van der Waals surface area contributed by atoms with Crippen LogP contribution in [0.25, 0.3) is 16.7 Å². The van der Waals surface area contributed by atoms with Crippen molar-refractivity contribution in [3.8, 4) is 5.82 Å². The summed E-state index contributed by atoms with van der Waals surface area (Å²) in [5, 5.41) is 8.59. The van der Waals surface area contributed by atoms with E-state index in [1.54, 1.807) is 4.68 Å². The molecule has 4 aromatic rings. The Morgan fingerprint density at radius 3 is 2.48 bits per heavy atom. The molecule has 1 N–H and O–H groups in total. The van der Waals surface area contributed by atoms with Crippen LogP contribution in [0.1, 0.15) is 27.2 Å². The minimum absolute atomic E-state index is 0.173. The number of anilines is 1. The molecule has 0 aliphatic carbocycles. The maximum absolute atomic E-state index is 12.6. The van der Waals surface area contributed by atoms with Gasteiger partial charge in [0.25, 0.3) is 5.91 Å². The average Bonchev–Trinajstić information content (AvgIpc) is 3.02. The monoisotopic (exact) mass is 356 g/mol. The molecular weight excluding hydrogens is 336 g/mol. The predicted octanol–water partition coefficient (Wildman–Crippen LogP) is 4.60. The Morgan fingerprint density at radius 1 is 0.963 bits per heavy atom. The number of carbonyl (C=O) groups excluding carboxylic acids is 1. The lowest BCUT2D eigenvalue weighted by molar-refractivity contribution is 0.102. The molecule has 0 radical (unpaired) electrons. The van der Waals surface area contributed by atoms with Gasteiger partial charge in [-0.25, -0.2) is 4.98 Å². The van der Waals surface area contributed by atoms with Gasteiger partial charge in [0.05, 0.1) is 11.2 Å². The molecule has 134 valence electrons. The van der Waals surface area contributed by atoms with E-state index in [1.165, 1.54) is 0 Å². The van der Waals surface area contributed by atoms with Crippen molar-refractivity contribution in [1.82, 2.24) is 14.8 Å². The third-order valence-corrected chi connectivity index (χ3v) is 4.51. The Bertz CT molecular complexity index is 1140. The lowest BCUT2D eigenvalue weighted by atomic mass is 10.1. The molecule has 1 amide bonds. The number of benzene rings is 2. The summed E-state index contributed by atoms with van der Waals surface area (Å²) in [6, 6.07) is 19.3. The van der Waals surface area contributed by atoms with Crippen molar-refractivity contribution in [1.29, 1.82) is 0 Å². The van der Waals surface area contributed by atoms with E-state index in [0.717, 1.165) is 27.7 Å². The minimum atomic E-state index is -0.173. The first-order valence-electron chi connectivity index (χ1n) is 8.83. The highest BCUT2D eigenvalue weighted by Crippen LogP contribution is 2.22. The Balaban J connectivity index is 1.73. The van der Waals surface area contributed by atoms with Crippen LogP contribution in [-0.4, -0.2) is 20.7 Å². The molecular formula is C22H20N4O. The van der Waals surface area contributed by atoms with Crippen LogP contribution in [0.3, 0.4) is 0 Å². The number of para-hydroxylation sites is 1. The minimum Gasteiger partial charge on any atom is -0.306 e. The quantitative estimate of drug-likeness (QED) is 0.584. The van der Waals surface area contributed by atoms with Gasteiger partial charge in [-0.2, -0.15) is 9.78 Å². The summed E-state index contributed by atoms with van der Waals surface area (Å²) in [7, 11) is 0. The maximum atomic E-state index is 12.6. The van der Waals surface area contributed by atoms with Gasteiger partial charge < -0.3 is 5.32 Å². The van der Waals surface area contributed by atoms with Crippen molar-refractivity contribution < 1.29 is 4.79 Å². The summed E-state index contributed by atoms with van der Waals surface area (Å²) < 4.78 is 1.68. The summed E-state index contributed by atoms with van der Waals surface area (Å²) in [6.07, 6.45) is 0. The highest BCUT2D eigenvalue weighted by atomic mass is 16.1. The number of hydrogen-bond acceptors (Lipinski definition) is 3. The van der Waals surface area contributed by atoms with Crippen LogP contribution in [0.5, 0.6) is 0 Å². The molecule has 2 heterocycles. The molecule has 0 saturated heterocycles. The van der Waals surface area contributed by atoms with Crippen LogP contribution in [0.15, 0.2) is 60.7 Å². The van der Waals surface area contributed by atoms with Crippen LogP contribution in [0.2, 0.25) is 0 Å². The molecule has 27 heavy (non-hydrogen) atoms. The molecule has 0 atom stereocenters. The van der Waals surface area contributed by atoms with E-state index in [4.69, 9.17) is 4.98 Å². The number of rotatable bonds is 3. The first-order chi connectivity index (χ1) is 13.0. The van der Waals surface area contributed by atoms with Crippen molar-refractivity contribution in [2.45, 2.75) is 20.8 Å². The molecule has 0 spiro atoms. The van der Waals surface area contributed by atoms with E-state index in [2.05, 4.69) is 23.4 Å². The Labute approximate surface area is 157 Å². The largest absolute Gasteiger partial charge is 0.306 e. The zero-order chi connectivity index (χ0) is 19.0. The number of amides is 1. The van der Waals surface area contributed by atoms with Gasteiger partial charge in [-0.3, -0.25) is 4.79 Å². The SMILES string of the molecule is Cc1ccc(C(=O)Nc2cc(C)nn2-c2cc(C)c3ccccc3n2)cc1. The summed E-state index contributed by atoms with van der Waals surface area (Å²) in [4.78, 5) is 17.3. The second kappa shape index (κ2) is 6.68. The lowest BCUT2D eigenvalue weighted by Crippen LogP contribution is -2.15. The van der Waals surface area contributed by atoms with Gasteiger partial charge in [-0.05, 0) is 50.6 Å². The van der Waals surface area contributed by atoms with Crippen LogP contribution in [0.4, 0.5) is 5.82 Å². The van der Waals surface area contributed by atoms with Crippen LogP contribution in [0, 0.1) is 20.8 Å². The molecule has 0 aliphatic rings. The van der Waals surface area contributed by atoms with Crippen molar-refractivity contribution in [2.75, 3.05) is 5.32 Å². The fourth-order valence-corrected chi connectivity index (χ4v) is 3.10. The first kappa shape index (κ1) is 17.0. The third kappa shape index (κ3) is 3.31. The van der Waals surface area contributed by atoms with Gasteiger partial charge in [0.15, 0.2) is 5.82 Å². The highest BCUT2D eigenvalue weighted by molar-refractivity contribution is 6.04. The summed E-state index contributed by atoms with van der Waals surface area (Å²) in [5.41, 5.74) is 4.54. The predicted molar refractivity (Wildman–Crippen MR) is 107 cm³/mol. The smallest absolute Gasteiger partial charge is 0.256 e. The zero-order valence-corrected chi connectivity index (χ0v) is 15.5. The second-order valence-corrected chi connectivity index (χ2v) is 6.72. The number of nitrogens with zero attached hydrogens (tertiary/aromatic N) is 3. The van der Waals surface area contributed by atoms with Crippen molar-refractivity contribution in [3.63, 3.8) is 0 Å². The number of hydrogen-bond donors (Lipinski definition) is 1. The number of fused-ring (bicyclic) bond motifs is 1. The lowest BCUT2D eigenvalue weighted by Gasteiger charge is -2.11. The van der Waals surface area contributed by atoms with Gasteiger partial charge in [-0.1, -0.05) is 35.9 Å². The number of aryl methyl sites for hydroxylation is 3. The van der Waals surface area contributed by atoms with E-state index in [0.29, 0.717) is 17.2 Å². The van der Waals surface area contributed by atoms with Gasteiger partial charge in [0, 0.05) is 17.0 Å². The molecule has 0 bridgehead atoms. The summed E-state index contributed by atoms with van der Waals surface area (Å²) in [5.74, 6) is 1.10. The van der Waals surface area contributed by atoms with E-state index < -0.39 is 0 Å². The van der Waals surface area contributed by atoms with Gasteiger partial charge >= 0.3 is 0 Å². The third-order valence-electron chi connectivity index (χ3n) is 4.51. The maximum Gasteiger partial charge on any atom is 0.256 e. The normalized spacial score (nSPS) is 10.9. The topological polar surface area (TPSA) is 59.8 Å². The van der Waals surface area contributed by atoms with Gasteiger partial charge in [0.1, 0.15) is 5.82 Å². The molecule has 0 saturated carbocycles. The van der Waals surface area contributed by atoms with Crippen LogP contribution in [-0.2, 0) is 0 Å². The number of pyridine rings is 1. The Hall–Kier alpha value is -3.47. The number of carbonyl (C=O) groups is 1. The van der Waals surface area contributed by atoms with E-state index in [1.807, 2.05) is 68.4 Å². The second-order valence-electron chi connectivity index (χ2n) is 6.72. The standard InChI is InChI=1S/C22H20N4O/c1-14-8-10-17(11-9-14)22(27)24-21-13-16(3)25-26(21)20-12-15(2)18-6-4-5-7-19(18)23-20/h4-13H,1-3H3,(H,24,27). The molecule has 4 rings (SSSR count). The molecule has 2 aromatic heterocycles. The van der Waals surface area contributed by atoms with Crippen molar-refractivity contribution in [3.05, 3.63) is 83.0 Å². The fraction of sp³-hybridized carbons (Fsp3) is 0.136. The van der Waals surface area contributed by atoms with E-state index in [-0.39, 0.29) is 5.91 Å². The zero-order valence-electron chi connectivity index (χ0n) is 15.5. The molecule has 2 aromatic carbocycles. The van der Waals surface area contributed by atoms with Crippen LogP contribution >= 0.6 is 0 Å². The molecule has 0 aliphatic heterocycles. The first-order valence-corrected chi connectivity index (χ1v) is 8.83. The Kier molecular flexibility index (Phi) is 4.20. The molecule has 0 fully saturated rings. The molecule has 5 nitrogen and oxygen atoms in total. The van der Waals surface area contributed by atoms with E-state index >= 15 is 0 Å². The van der Waals surface area contributed by atoms with Crippen molar-refractivity contribution >= 4 is 22.6 Å². The summed E-state index contributed by atoms with van der Waals surface area (Å²) >= 11 is 0. The summed E-state index contributed by atoms with van der Waals surface area (Å²) in [6.45, 7) is 5.94. The molecule has 5 heteroatoms. The number of nitrogens with one attached hydrogen (secondary N) is 1. The van der Waals surface area contributed by atoms with E-state index in [9.17, 15) is 4.79 Å². The average molecular weight is 356 g/mol. The van der Waals surface area contributed by atoms with Crippen LogP contribution < -0.4 is 5.32 Å². The van der Waals surface area contributed by atoms with Crippen molar-refractivity contribution in [2.24, 2.45) is 0 Å². The highest BCUT2D eigenvalue weighted by Gasteiger charge is 2.14. The Morgan fingerprint density at radius 2 is 1.70 bits per heavy atom. The number of aromatic nitrogens is 3. The fourth-order valence-electron chi connectivity index (χ4n) is 3.10. The molecule has 0 unspecified atom stereocenters.